The molecule has 4 nitrogen and oxygen atoms in total. The zero-order valence-electron chi connectivity index (χ0n) is 29.8. The van der Waals surface area contributed by atoms with Gasteiger partial charge in [-0.3, -0.25) is 0 Å². The van der Waals surface area contributed by atoms with Crippen LogP contribution in [0.2, 0.25) is 0 Å². The average Bonchev–Trinajstić information content (AvgIpc) is 3.44. The Kier molecular flexibility index (Phi) is 8.35. The molecular formula is C41H60F2N2O2. The molecule has 260 valence electrons. The van der Waals surface area contributed by atoms with Crippen molar-refractivity contribution in [2.24, 2.45) is 50.7 Å². The molecule has 2 N–H and O–H groups in total. The predicted octanol–water partition coefficient (Wildman–Crippen LogP) is 9.55. The lowest BCUT2D eigenvalue weighted by Crippen LogP contribution is -2.65. The van der Waals surface area contributed by atoms with Gasteiger partial charge in [-0.1, -0.05) is 59.2 Å². The van der Waals surface area contributed by atoms with Crippen LogP contribution in [0.4, 0.5) is 8.78 Å². The second kappa shape index (κ2) is 11.6. The Morgan fingerprint density at radius 2 is 1.57 bits per heavy atom. The summed E-state index contributed by atoms with van der Waals surface area (Å²) in [4.78, 5) is 13.7. The monoisotopic (exact) mass is 650 g/mol. The number of carbonyl (C=O) groups is 1. The highest BCUT2D eigenvalue weighted by Gasteiger charge is 2.69. The smallest absolute Gasteiger partial charge is 0.335 e. The van der Waals surface area contributed by atoms with Gasteiger partial charge in [0.2, 0.25) is 0 Å². The van der Waals surface area contributed by atoms with Gasteiger partial charge in [-0.05, 0) is 132 Å². The number of carboxylic acids is 1. The fourth-order valence-corrected chi connectivity index (χ4v) is 13.6. The second-order valence-electron chi connectivity index (χ2n) is 18.3. The van der Waals surface area contributed by atoms with Crippen molar-refractivity contribution in [1.29, 1.82) is 0 Å². The van der Waals surface area contributed by atoms with Crippen LogP contribution in [0.25, 0.3) is 5.57 Å². The number of allylic oxidation sites excluding steroid dienone is 2. The Bertz CT molecular complexity index is 1380. The normalized spacial score (nSPS) is 42.4. The molecule has 4 saturated carbocycles. The molecule has 7 unspecified atom stereocenters. The van der Waals surface area contributed by atoms with Gasteiger partial charge < -0.3 is 15.3 Å². The van der Waals surface area contributed by atoms with Crippen LogP contribution in [0.3, 0.4) is 0 Å². The number of likely N-dealkylation sites (tertiary alicyclic amines) is 1. The van der Waals surface area contributed by atoms with E-state index in [9.17, 15) is 18.7 Å². The highest BCUT2D eigenvalue weighted by Crippen LogP contribution is 2.77. The number of rotatable bonds is 7. The van der Waals surface area contributed by atoms with Crippen molar-refractivity contribution in [3.05, 3.63) is 41.5 Å². The zero-order chi connectivity index (χ0) is 33.5. The van der Waals surface area contributed by atoms with Crippen LogP contribution >= 0.6 is 0 Å². The topological polar surface area (TPSA) is 52.6 Å². The van der Waals surface area contributed by atoms with E-state index in [2.05, 4.69) is 50.9 Å². The first-order valence-corrected chi connectivity index (χ1v) is 19.0. The Morgan fingerprint density at radius 3 is 2.28 bits per heavy atom. The van der Waals surface area contributed by atoms with Gasteiger partial charge in [0.15, 0.2) is 0 Å². The van der Waals surface area contributed by atoms with Crippen molar-refractivity contribution in [3.63, 3.8) is 0 Å². The molecule has 5 aliphatic carbocycles. The summed E-state index contributed by atoms with van der Waals surface area (Å²) in [5.74, 6) is -0.418. The number of nitrogens with zero attached hydrogens (tertiary/aromatic N) is 1. The standard InChI is InChI=1S/C41H60F2N2O2/c1-36(2)30(28-8-10-29(11-9-28)35(46)47)14-17-37(3)33(36)15-18-39(5)34(37)13-12-31-32-7-6-16-40(32,20-19-38(31,39)4)27-44-23-26-45-24-21-41(42,43)22-25-45/h8-11,14,31-34,44H,6-7,12-13,15-27H2,1-5H3,(H,46,47)/t31?,32?,33?,34?,37?,38-,39?,40?/m1/s1. The molecule has 0 aromatic heterocycles. The van der Waals surface area contributed by atoms with E-state index in [1.165, 1.54) is 68.9 Å². The molecule has 1 aliphatic heterocycles. The Balaban J connectivity index is 1.07. The number of halogens is 2. The number of carboxylic acid groups (broad SMARTS) is 1. The van der Waals surface area contributed by atoms with Crippen molar-refractivity contribution < 1.29 is 18.7 Å². The highest BCUT2D eigenvalue weighted by atomic mass is 19.3. The summed E-state index contributed by atoms with van der Waals surface area (Å²) >= 11 is 0. The number of aromatic carboxylic acids is 1. The van der Waals surface area contributed by atoms with Crippen LogP contribution in [0, 0.1) is 50.7 Å². The maximum Gasteiger partial charge on any atom is 0.335 e. The number of piperidine rings is 1. The first kappa shape index (κ1) is 33.7. The fraction of sp³-hybridized carbons (Fsp3) is 0.780. The Labute approximate surface area is 282 Å². The number of fused-ring (bicyclic) bond motifs is 7. The lowest BCUT2D eigenvalue weighted by molar-refractivity contribution is -0.222. The van der Waals surface area contributed by atoms with Gasteiger partial charge in [0.25, 0.3) is 5.92 Å². The van der Waals surface area contributed by atoms with E-state index in [1.807, 2.05) is 12.1 Å². The highest BCUT2D eigenvalue weighted by molar-refractivity contribution is 5.88. The fourth-order valence-electron chi connectivity index (χ4n) is 13.6. The molecular weight excluding hydrogens is 590 g/mol. The van der Waals surface area contributed by atoms with Crippen LogP contribution in [-0.4, -0.2) is 54.6 Å². The molecule has 8 atom stereocenters. The van der Waals surface area contributed by atoms with Crippen LogP contribution in [-0.2, 0) is 0 Å². The molecule has 1 aromatic carbocycles. The Hall–Kier alpha value is -1.79. The molecule has 0 spiro atoms. The quantitative estimate of drug-likeness (QED) is 0.289. The number of hydrogen-bond acceptors (Lipinski definition) is 3. The zero-order valence-corrected chi connectivity index (χ0v) is 29.8. The predicted molar refractivity (Wildman–Crippen MR) is 186 cm³/mol. The van der Waals surface area contributed by atoms with E-state index in [0.29, 0.717) is 46.7 Å². The molecule has 1 heterocycles. The van der Waals surface area contributed by atoms with Gasteiger partial charge >= 0.3 is 5.97 Å². The van der Waals surface area contributed by atoms with E-state index in [4.69, 9.17) is 0 Å². The third kappa shape index (κ3) is 5.27. The van der Waals surface area contributed by atoms with Crippen molar-refractivity contribution in [3.8, 4) is 0 Å². The molecule has 1 saturated heterocycles. The minimum Gasteiger partial charge on any atom is -0.478 e. The van der Waals surface area contributed by atoms with E-state index >= 15 is 0 Å². The van der Waals surface area contributed by atoms with Crippen molar-refractivity contribution in [2.75, 3.05) is 32.7 Å². The Morgan fingerprint density at radius 1 is 0.851 bits per heavy atom. The third-order valence-electron chi connectivity index (χ3n) is 16.2. The van der Waals surface area contributed by atoms with Crippen LogP contribution in [0.1, 0.15) is 128 Å². The van der Waals surface area contributed by atoms with Gasteiger partial charge in [0.05, 0.1) is 5.56 Å². The number of nitrogens with one attached hydrogen (secondary N) is 1. The summed E-state index contributed by atoms with van der Waals surface area (Å²) in [5.41, 5.74) is 4.34. The van der Waals surface area contributed by atoms with E-state index in [0.717, 1.165) is 37.9 Å². The molecule has 7 rings (SSSR count). The maximum atomic E-state index is 13.6. The van der Waals surface area contributed by atoms with Crippen LogP contribution in [0.15, 0.2) is 30.3 Å². The molecule has 6 heteroatoms. The van der Waals surface area contributed by atoms with Crippen LogP contribution in [0.5, 0.6) is 0 Å². The number of alkyl halides is 2. The second-order valence-corrected chi connectivity index (χ2v) is 18.3. The number of hydrogen-bond donors (Lipinski definition) is 2. The van der Waals surface area contributed by atoms with Crippen molar-refractivity contribution in [2.45, 2.75) is 118 Å². The van der Waals surface area contributed by atoms with Gasteiger partial charge in [0, 0.05) is 45.6 Å². The third-order valence-corrected chi connectivity index (χ3v) is 16.2. The largest absolute Gasteiger partial charge is 0.478 e. The van der Waals surface area contributed by atoms with Crippen molar-refractivity contribution >= 4 is 11.5 Å². The molecule has 0 bridgehead atoms. The van der Waals surface area contributed by atoms with Crippen LogP contribution < -0.4 is 5.32 Å². The minimum atomic E-state index is -2.47. The lowest BCUT2D eigenvalue weighted by atomic mass is 9.32. The van der Waals surface area contributed by atoms with E-state index in [-0.39, 0.29) is 23.7 Å². The minimum absolute atomic E-state index is 0.0101. The average molecular weight is 651 g/mol. The molecule has 47 heavy (non-hydrogen) atoms. The summed E-state index contributed by atoms with van der Waals surface area (Å²) < 4.78 is 27.3. The molecule has 0 radical (unpaired) electrons. The van der Waals surface area contributed by atoms with Gasteiger partial charge in [-0.2, -0.15) is 0 Å². The lowest BCUT2D eigenvalue weighted by Gasteiger charge is -2.72. The van der Waals surface area contributed by atoms with Gasteiger partial charge in [-0.25, -0.2) is 13.6 Å². The summed E-state index contributed by atoms with van der Waals surface area (Å²) in [6.45, 7) is 16.9. The SMILES string of the molecule is CC1(C)C(c2ccc(C(=O)O)cc2)=CCC2(C)C1CCC1(C)C2CCC2C3CCCC3(CNCCN3CCC(F)(F)CC3)CC[C@]21C. The summed E-state index contributed by atoms with van der Waals surface area (Å²) in [6, 6.07) is 7.59. The summed E-state index contributed by atoms with van der Waals surface area (Å²) in [7, 11) is 0. The molecule has 5 fully saturated rings. The first-order chi connectivity index (χ1) is 22.2. The van der Waals surface area contributed by atoms with Gasteiger partial charge in [0.1, 0.15) is 0 Å². The van der Waals surface area contributed by atoms with E-state index < -0.39 is 11.9 Å². The van der Waals surface area contributed by atoms with Gasteiger partial charge in [-0.15, -0.1) is 0 Å². The summed E-state index contributed by atoms with van der Waals surface area (Å²) in [6.07, 6.45) is 15.7. The summed E-state index contributed by atoms with van der Waals surface area (Å²) in [5, 5.41) is 13.3. The molecule has 0 amide bonds. The maximum absolute atomic E-state index is 13.6. The number of benzene rings is 1. The van der Waals surface area contributed by atoms with Crippen molar-refractivity contribution in [1.82, 2.24) is 10.2 Å². The molecule has 6 aliphatic rings. The van der Waals surface area contributed by atoms with E-state index in [1.54, 1.807) is 12.1 Å². The molecule has 1 aromatic rings. The first-order valence-electron chi connectivity index (χ1n) is 19.0.